The topological polar surface area (TPSA) is 77.2 Å². The third kappa shape index (κ3) is 2.63. The maximum Gasteiger partial charge on any atom is 0.377 e. The summed E-state index contributed by atoms with van der Waals surface area (Å²) < 4.78 is 6.02. The van der Waals surface area contributed by atoms with Gasteiger partial charge in [0.2, 0.25) is 0 Å². The minimum absolute atomic E-state index is 0.0108. The van der Waals surface area contributed by atoms with E-state index in [9.17, 15) is 9.90 Å². The summed E-state index contributed by atoms with van der Waals surface area (Å²) in [6.07, 6.45) is 1.44. The molecule has 0 aliphatic heterocycles. The molecule has 0 bridgehead atoms. The highest BCUT2D eigenvalue weighted by atomic mass is 16.5. The van der Waals surface area contributed by atoms with Crippen molar-refractivity contribution in [2.24, 2.45) is 0 Å². The lowest BCUT2D eigenvalue weighted by Crippen LogP contribution is -2.07. The van der Waals surface area contributed by atoms with Crippen molar-refractivity contribution in [3.05, 3.63) is 42.0 Å². The number of aliphatic hydroxyl groups excluding tert-OH is 1. The van der Waals surface area contributed by atoms with E-state index in [1.807, 2.05) is 31.2 Å². The highest BCUT2D eigenvalue weighted by molar-refractivity contribution is 5.84. The van der Waals surface area contributed by atoms with Crippen LogP contribution in [0.2, 0.25) is 0 Å². The molecule has 1 N–H and O–H groups in total. The smallest absolute Gasteiger partial charge is 0.377 e. The molecular formula is C13H15N3O3. The van der Waals surface area contributed by atoms with Crippen LogP contribution in [-0.2, 0) is 4.74 Å². The number of hydrogen-bond donors (Lipinski definition) is 1. The fraction of sp³-hybridized carbons (Fsp3) is 0.308. The Bertz CT molecular complexity index is 580. The molecule has 19 heavy (non-hydrogen) atoms. The van der Waals surface area contributed by atoms with Crippen LogP contribution < -0.4 is 0 Å². The molecule has 1 aromatic carbocycles. The van der Waals surface area contributed by atoms with Crippen LogP contribution in [0.1, 0.15) is 35.6 Å². The van der Waals surface area contributed by atoms with Crippen LogP contribution in [0.5, 0.6) is 0 Å². The number of esters is 1. The Balaban J connectivity index is 2.42. The number of benzene rings is 1. The van der Waals surface area contributed by atoms with Gasteiger partial charge in [-0.2, -0.15) is 0 Å². The molecule has 0 saturated heterocycles. The Morgan fingerprint density at radius 2 is 2.21 bits per heavy atom. The predicted molar refractivity (Wildman–Crippen MR) is 67.9 cm³/mol. The van der Waals surface area contributed by atoms with Gasteiger partial charge in [0.1, 0.15) is 6.33 Å². The number of methoxy groups -OCH3 is 1. The van der Waals surface area contributed by atoms with Crippen molar-refractivity contribution in [2.75, 3.05) is 7.11 Å². The van der Waals surface area contributed by atoms with Gasteiger partial charge in [-0.15, -0.1) is 5.10 Å². The van der Waals surface area contributed by atoms with Gasteiger partial charge < -0.3 is 9.84 Å². The first-order valence-electron chi connectivity index (χ1n) is 5.94. The van der Waals surface area contributed by atoms with Crippen LogP contribution in [0.4, 0.5) is 0 Å². The van der Waals surface area contributed by atoms with Gasteiger partial charge in [0.15, 0.2) is 0 Å². The standard InChI is InChI=1S/C13H15N3O3/c1-3-11(17)9-6-4-5-7-10(9)16-8-14-12(15-16)13(18)19-2/h4-8,11,17H,3H2,1-2H3/t11-/m1/s1. The summed E-state index contributed by atoms with van der Waals surface area (Å²) in [7, 11) is 1.28. The molecule has 0 radical (unpaired) electrons. The van der Waals surface area contributed by atoms with Crippen LogP contribution in [0.3, 0.4) is 0 Å². The largest absolute Gasteiger partial charge is 0.463 e. The minimum Gasteiger partial charge on any atom is -0.463 e. The van der Waals surface area contributed by atoms with Gasteiger partial charge in [0.25, 0.3) is 5.82 Å². The monoisotopic (exact) mass is 261 g/mol. The minimum atomic E-state index is -0.590. The number of rotatable bonds is 4. The molecule has 2 rings (SSSR count). The number of hydrogen-bond acceptors (Lipinski definition) is 5. The number of carbonyl (C=O) groups excluding carboxylic acids is 1. The van der Waals surface area contributed by atoms with Crippen molar-refractivity contribution < 1.29 is 14.6 Å². The van der Waals surface area contributed by atoms with E-state index in [0.717, 1.165) is 5.56 Å². The molecule has 6 heteroatoms. The normalized spacial score (nSPS) is 12.2. The Morgan fingerprint density at radius 1 is 1.47 bits per heavy atom. The molecule has 0 amide bonds. The lowest BCUT2D eigenvalue weighted by atomic mass is 10.1. The summed E-state index contributed by atoms with van der Waals surface area (Å²) in [4.78, 5) is 15.2. The molecule has 0 saturated carbocycles. The second-order valence-electron chi connectivity index (χ2n) is 3.99. The molecule has 0 unspecified atom stereocenters. The SMILES string of the molecule is CC[C@@H](O)c1ccccc1-n1cnc(C(=O)OC)n1. The summed E-state index contributed by atoms with van der Waals surface area (Å²) in [6, 6.07) is 7.31. The molecule has 0 fully saturated rings. The summed E-state index contributed by atoms with van der Waals surface area (Å²) in [6.45, 7) is 1.89. The number of aromatic nitrogens is 3. The molecule has 2 aromatic rings. The lowest BCUT2D eigenvalue weighted by Gasteiger charge is -2.13. The quantitative estimate of drug-likeness (QED) is 0.844. The van der Waals surface area contributed by atoms with Crippen molar-refractivity contribution in [3.8, 4) is 5.69 Å². The predicted octanol–water partition coefficient (Wildman–Crippen LogP) is 1.50. The average molecular weight is 261 g/mol. The molecule has 1 aromatic heterocycles. The van der Waals surface area contributed by atoms with Crippen molar-refractivity contribution >= 4 is 5.97 Å². The van der Waals surface area contributed by atoms with Gasteiger partial charge in [-0.05, 0) is 12.5 Å². The first-order valence-corrected chi connectivity index (χ1v) is 5.94. The van der Waals surface area contributed by atoms with Crippen LogP contribution in [0.15, 0.2) is 30.6 Å². The number of nitrogens with zero attached hydrogens (tertiary/aromatic N) is 3. The Kier molecular flexibility index (Phi) is 3.91. The number of carbonyl (C=O) groups is 1. The highest BCUT2D eigenvalue weighted by Crippen LogP contribution is 2.23. The van der Waals surface area contributed by atoms with Gasteiger partial charge in [-0.3, -0.25) is 0 Å². The summed E-state index contributed by atoms with van der Waals surface area (Å²) in [5.41, 5.74) is 1.44. The Morgan fingerprint density at radius 3 is 2.89 bits per heavy atom. The van der Waals surface area contributed by atoms with Gasteiger partial charge in [-0.25, -0.2) is 14.5 Å². The van der Waals surface area contributed by atoms with E-state index in [4.69, 9.17) is 0 Å². The first-order chi connectivity index (χ1) is 9.17. The zero-order valence-corrected chi connectivity index (χ0v) is 10.8. The number of ether oxygens (including phenoxy) is 1. The summed E-state index contributed by atoms with van der Waals surface area (Å²) >= 11 is 0. The van der Waals surface area contributed by atoms with Gasteiger partial charge in [0.05, 0.1) is 18.9 Å². The van der Waals surface area contributed by atoms with Gasteiger partial charge in [0, 0.05) is 5.56 Å². The zero-order chi connectivity index (χ0) is 13.8. The molecular weight excluding hydrogens is 246 g/mol. The maximum atomic E-state index is 11.3. The zero-order valence-electron chi connectivity index (χ0n) is 10.8. The molecule has 1 atom stereocenters. The summed E-state index contributed by atoms with van der Waals surface area (Å²) in [5, 5.41) is 14.0. The van der Waals surface area contributed by atoms with E-state index < -0.39 is 12.1 Å². The van der Waals surface area contributed by atoms with Crippen molar-refractivity contribution in [1.29, 1.82) is 0 Å². The molecule has 0 aliphatic rings. The molecule has 6 nitrogen and oxygen atoms in total. The third-order valence-corrected chi connectivity index (χ3v) is 2.79. The fourth-order valence-electron chi connectivity index (χ4n) is 1.76. The van der Waals surface area contributed by atoms with E-state index in [0.29, 0.717) is 12.1 Å². The highest BCUT2D eigenvalue weighted by Gasteiger charge is 2.15. The third-order valence-electron chi connectivity index (χ3n) is 2.79. The summed E-state index contributed by atoms with van der Waals surface area (Å²) in [5.74, 6) is -0.601. The number of aliphatic hydroxyl groups is 1. The second-order valence-corrected chi connectivity index (χ2v) is 3.99. The Labute approximate surface area is 110 Å². The maximum absolute atomic E-state index is 11.3. The average Bonchev–Trinajstić information content (AvgIpc) is 2.95. The van der Waals surface area contributed by atoms with E-state index in [2.05, 4.69) is 14.8 Å². The van der Waals surface area contributed by atoms with Crippen LogP contribution >= 0.6 is 0 Å². The van der Waals surface area contributed by atoms with Gasteiger partial charge >= 0.3 is 5.97 Å². The Hall–Kier alpha value is -2.21. The van der Waals surface area contributed by atoms with E-state index >= 15 is 0 Å². The number of para-hydroxylation sites is 1. The van der Waals surface area contributed by atoms with E-state index in [1.165, 1.54) is 18.1 Å². The second kappa shape index (κ2) is 5.62. The van der Waals surface area contributed by atoms with E-state index in [1.54, 1.807) is 0 Å². The molecule has 100 valence electrons. The van der Waals surface area contributed by atoms with Crippen molar-refractivity contribution in [1.82, 2.24) is 14.8 Å². The first kappa shape index (κ1) is 13.2. The van der Waals surface area contributed by atoms with Crippen LogP contribution in [0.25, 0.3) is 5.69 Å². The lowest BCUT2D eigenvalue weighted by molar-refractivity contribution is 0.0587. The fourth-order valence-corrected chi connectivity index (χ4v) is 1.76. The molecule has 1 heterocycles. The van der Waals surface area contributed by atoms with E-state index in [-0.39, 0.29) is 5.82 Å². The van der Waals surface area contributed by atoms with Crippen LogP contribution in [-0.4, -0.2) is 33.0 Å². The molecule has 0 aliphatic carbocycles. The van der Waals surface area contributed by atoms with Gasteiger partial charge in [-0.1, -0.05) is 25.1 Å². The van der Waals surface area contributed by atoms with Crippen molar-refractivity contribution in [3.63, 3.8) is 0 Å². The van der Waals surface area contributed by atoms with Crippen LogP contribution in [0, 0.1) is 0 Å². The van der Waals surface area contributed by atoms with Crippen molar-refractivity contribution in [2.45, 2.75) is 19.4 Å². The molecule has 0 spiro atoms.